The lowest BCUT2D eigenvalue weighted by atomic mass is 10.1. The summed E-state index contributed by atoms with van der Waals surface area (Å²) in [7, 11) is -2.00. The number of anilines is 2. The van der Waals surface area contributed by atoms with Gasteiger partial charge in [0.2, 0.25) is 0 Å². The normalized spacial score (nSPS) is 11.3. The zero-order valence-electron chi connectivity index (χ0n) is 17.0. The van der Waals surface area contributed by atoms with E-state index in [9.17, 15) is 18.3 Å². The number of hydrogen-bond acceptors (Lipinski definition) is 4. The second-order valence-electron chi connectivity index (χ2n) is 7.12. The molecule has 0 bridgehead atoms. The highest BCUT2D eigenvalue weighted by Crippen LogP contribution is 2.27. The maximum Gasteiger partial charge on any atom is 0.337 e. The lowest BCUT2D eigenvalue weighted by Gasteiger charge is -2.22. The Morgan fingerprint density at radius 3 is 2.32 bits per heavy atom. The third-order valence-corrected chi connectivity index (χ3v) is 6.34. The number of nitrogens with one attached hydrogen (secondary N) is 1. The van der Waals surface area contributed by atoms with Crippen molar-refractivity contribution in [2.24, 2.45) is 0 Å². The third-order valence-electron chi connectivity index (χ3n) is 4.82. The van der Waals surface area contributed by atoms with Crippen LogP contribution in [-0.4, -0.2) is 33.1 Å². The summed E-state index contributed by atoms with van der Waals surface area (Å²) >= 11 is 0. The van der Waals surface area contributed by atoms with Crippen LogP contribution in [0.1, 0.15) is 46.8 Å². The first-order chi connectivity index (χ1) is 13.1. The fourth-order valence-electron chi connectivity index (χ4n) is 3.05. The summed E-state index contributed by atoms with van der Waals surface area (Å²) in [6.07, 6.45) is 1.94. The van der Waals surface area contributed by atoms with E-state index < -0.39 is 16.0 Å². The smallest absolute Gasteiger partial charge is 0.337 e. The second-order valence-corrected chi connectivity index (χ2v) is 8.77. The molecule has 0 spiro atoms. The van der Waals surface area contributed by atoms with Gasteiger partial charge >= 0.3 is 5.97 Å². The molecule has 6 nitrogen and oxygen atoms in total. The van der Waals surface area contributed by atoms with Gasteiger partial charge in [-0.05, 0) is 68.1 Å². The van der Waals surface area contributed by atoms with Crippen LogP contribution in [0, 0.1) is 20.8 Å². The fraction of sp³-hybridized carbons (Fsp3) is 0.381. The van der Waals surface area contributed by atoms with Crippen LogP contribution < -0.4 is 9.62 Å². The molecule has 0 radical (unpaired) electrons. The Bertz CT molecular complexity index is 984. The van der Waals surface area contributed by atoms with E-state index in [4.69, 9.17) is 0 Å². The van der Waals surface area contributed by atoms with Crippen LogP contribution in [0.4, 0.5) is 11.4 Å². The van der Waals surface area contributed by atoms with Gasteiger partial charge in [-0.15, -0.1) is 0 Å². The Kier molecular flexibility index (Phi) is 6.72. The minimum Gasteiger partial charge on any atom is -0.478 e. The zero-order valence-corrected chi connectivity index (χ0v) is 17.9. The predicted octanol–water partition coefficient (Wildman–Crippen LogP) is 4.35. The minimum absolute atomic E-state index is 0.0654. The van der Waals surface area contributed by atoms with Gasteiger partial charge in [-0.25, -0.2) is 13.2 Å². The lowest BCUT2D eigenvalue weighted by Crippen LogP contribution is -2.21. The van der Waals surface area contributed by atoms with Crippen molar-refractivity contribution in [1.82, 2.24) is 0 Å². The standard InChI is InChI=1S/C21H28N2O4S/c1-6-7-10-23(5)19-9-8-17(13-18(19)21(24)25)22-28(26,27)20-12-15(3)14(2)11-16(20)4/h8-9,11-13,22H,6-7,10H2,1-5H3,(H,24,25). The summed E-state index contributed by atoms with van der Waals surface area (Å²) < 4.78 is 28.2. The first-order valence-corrected chi connectivity index (χ1v) is 10.7. The number of carboxylic acid groups (broad SMARTS) is 1. The zero-order chi connectivity index (χ0) is 21.1. The topological polar surface area (TPSA) is 86.7 Å². The Balaban J connectivity index is 2.40. The number of sulfonamides is 1. The van der Waals surface area contributed by atoms with Crippen molar-refractivity contribution < 1.29 is 18.3 Å². The number of benzene rings is 2. The predicted molar refractivity (Wildman–Crippen MR) is 113 cm³/mol. The van der Waals surface area contributed by atoms with Crippen LogP contribution in [0.2, 0.25) is 0 Å². The maximum absolute atomic E-state index is 12.9. The van der Waals surface area contributed by atoms with Gasteiger partial charge in [-0.2, -0.15) is 0 Å². The molecule has 0 aliphatic rings. The summed E-state index contributed by atoms with van der Waals surface area (Å²) in [6, 6.07) is 8.08. The summed E-state index contributed by atoms with van der Waals surface area (Å²) in [5.74, 6) is -1.10. The Morgan fingerprint density at radius 1 is 1.07 bits per heavy atom. The largest absolute Gasteiger partial charge is 0.478 e. The number of hydrogen-bond donors (Lipinski definition) is 2. The van der Waals surface area contributed by atoms with Crippen molar-refractivity contribution in [2.75, 3.05) is 23.2 Å². The summed E-state index contributed by atoms with van der Waals surface area (Å²) in [4.78, 5) is 13.8. The van der Waals surface area contributed by atoms with E-state index in [1.165, 1.54) is 6.07 Å². The summed E-state index contributed by atoms with van der Waals surface area (Å²) in [6.45, 7) is 8.33. The molecule has 0 unspecified atom stereocenters. The first kappa shape index (κ1) is 21.8. The molecule has 0 amide bonds. The number of unbranched alkanes of at least 4 members (excludes halogenated alkanes) is 1. The van der Waals surface area contributed by atoms with E-state index in [2.05, 4.69) is 11.6 Å². The Morgan fingerprint density at radius 2 is 1.71 bits per heavy atom. The minimum atomic E-state index is -3.83. The molecule has 7 heteroatoms. The van der Waals surface area contributed by atoms with Gasteiger partial charge in [-0.1, -0.05) is 19.4 Å². The fourth-order valence-corrected chi connectivity index (χ4v) is 4.42. The van der Waals surface area contributed by atoms with E-state index in [1.54, 1.807) is 25.1 Å². The average Bonchev–Trinajstić information content (AvgIpc) is 2.62. The van der Waals surface area contributed by atoms with Gasteiger partial charge in [0.25, 0.3) is 10.0 Å². The van der Waals surface area contributed by atoms with Crippen LogP contribution in [0.5, 0.6) is 0 Å². The molecule has 2 N–H and O–H groups in total. The maximum atomic E-state index is 12.9. The monoisotopic (exact) mass is 404 g/mol. The van der Waals surface area contributed by atoms with E-state index >= 15 is 0 Å². The van der Waals surface area contributed by atoms with E-state index in [0.717, 1.165) is 30.5 Å². The lowest BCUT2D eigenvalue weighted by molar-refractivity contribution is 0.0697. The third kappa shape index (κ3) is 4.84. The molecule has 2 rings (SSSR count). The summed E-state index contributed by atoms with van der Waals surface area (Å²) in [5.41, 5.74) is 3.39. The van der Waals surface area contributed by atoms with Crippen LogP contribution in [0.3, 0.4) is 0 Å². The van der Waals surface area contributed by atoms with Gasteiger partial charge in [-0.3, -0.25) is 4.72 Å². The molecule has 0 saturated heterocycles. The quantitative estimate of drug-likeness (QED) is 0.683. The molecule has 0 fully saturated rings. The van der Waals surface area contributed by atoms with Crippen LogP contribution in [0.15, 0.2) is 35.2 Å². The highest BCUT2D eigenvalue weighted by Gasteiger charge is 2.20. The molecule has 0 atom stereocenters. The second kappa shape index (κ2) is 8.65. The highest BCUT2D eigenvalue weighted by molar-refractivity contribution is 7.92. The van der Waals surface area contributed by atoms with Crippen LogP contribution in [-0.2, 0) is 10.0 Å². The molecule has 0 aliphatic heterocycles. The number of nitrogens with zero attached hydrogens (tertiary/aromatic N) is 1. The van der Waals surface area contributed by atoms with Crippen LogP contribution in [0.25, 0.3) is 0 Å². The summed E-state index contributed by atoms with van der Waals surface area (Å²) in [5, 5.41) is 9.59. The van der Waals surface area contributed by atoms with Gasteiger partial charge in [0.15, 0.2) is 0 Å². The molecular weight excluding hydrogens is 376 g/mol. The first-order valence-electron chi connectivity index (χ1n) is 9.26. The number of aromatic carboxylic acids is 1. The number of aryl methyl sites for hydroxylation is 3. The van der Waals surface area contributed by atoms with Crippen molar-refractivity contribution in [1.29, 1.82) is 0 Å². The molecule has 0 aromatic heterocycles. The van der Waals surface area contributed by atoms with E-state index in [-0.39, 0.29) is 16.1 Å². The molecule has 28 heavy (non-hydrogen) atoms. The van der Waals surface area contributed by atoms with Crippen molar-refractivity contribution in [2.45, 2.75) is 45.4 Å². The van der Waals surface area contributed by atoms with Gasteiger partial charge < -0.3 is 10.0 Å². The van der Waals surface area contributed by atoms with Crippen LogP contribution >= 0.6 is 0 Å². The Hall–Kier alpha value is -2.54. The average molecular weight is 405 g/mol. The van der Waals surface area contributed by atoms with Gasteiger partial charge in [0.05, 0.1) is 16.1 Å². The number of carboxylic acids is 1. The molecular formula is C21H28N2O4S. The number of rotatable bonds is 8. The molecule has 2 aromatic rings. The van der Waals surface area contributed by atoms with Gasteiger partial charge in [0, 0.05) is 19.3 Å². The van der Waals surface area contributed by atoms with Gasteiger partial charge in [0.1, 0.15) is 0 Å². The molecule has 2 aromatic carbocycles. The van der Waals surface area contributed by atoms with Crippen molar-refractivity contribution in [3.05, 3.63) is 52.6 Å². The molecule has 152 valence electrons. The molecule has 0 heterocycles. The van der Waals surface area contributed by atoms with Crippen molar-refractivity contribution >= 4 is 27.4 Å². The Labute approximate surface area is 167 Å². The van der Waals surface area contributed by atoms with Crippen molar-refractivity contribution in [3.63, 3.8) is 0 Å². The van der Waals surface area contributed by atoms with E-state index in [0.29, 0.717) is 11.3 Å². The SMILES string of the molecule is CCCCN(C)c1ccc(NS(=O)(=O)c2cc(C)c(C)cc2C)cc1C(=O)O. The van der Waals surface area contributed by atoms with Crippen molar-refractivity contribution in [3.8, 4) is 0 Å². The molecule has 0 saturated carbocycles. The number of carbonyl (C=O) groups is 1. The highest BCUT2D eigenvalue weighted by atomic mass is 32.2. The molecule has 0 aliphatic carbocycles. The van der Waals surface area contributed by atoms with E-state index in [1.807, 2.05) is 31.9 Å².